The summed E-state index contributed by atoms with van der Waals surface area (Å²) in [6.07, 6.45) is 6.75. The Bertz CT molecular complexity index is 518. The van der Waals surface area contributed by atoms with Gasteiger partial charge in [0.05, 0.1) is 11.9 Å². The third kappa shape index (κ3) is 2.85. The molecule has 2 aromatic rings. The molecular formula is C13H19N5. The van der Waals surface area contributed by atoms with E-state index in [1.165, 1.54) is 0 Å². The lowest BCUT2D eigenvalue weighted by Crippen LogP contribution is -2.01. The van der Waals surface area contributed by atoms with Crippen molar-refractivity contribution in [2.24, 2.45) is 0 Å². The summed E-state index contributed by atoms with van der Waals surface area (Å²) in [5, 5.41) is 4.30. The highest BCUT2D eigenvalue weighted by atomic mass is 15.3. The maximum Gasteiger partial charge on any atom is 0.131 e. The molecule has 0 unspecified atom stereocenters. The van der Waals surface area contributed by atoms with Gasteiger partial charge in [-0.25, -0.2) is 9.97 Å². The van der Waals surface area contributed by atoms with Gasteiger partial charge >= 0.3 is 0 Å². The van der Waals surface area contributed by atoms with Gasteiger partial charge in [-0.1, -0.05) is 13.8 Å². The van der Waals surface area contributed by atoms with E-state index in [0.717, 1.165) is 42.9 Å². The molecular weight excluding hydrogens is 226 g/mol. The van der Waals surface area contributed by atoms with Crippen molar-refractivity contribution in [2.75, 3.05) is 5.73 Å². The van der Waals surface area contributed by atoms with Crippen LogP contribution in [0.25, 0.3) is 11.3 Å². The number of anilines is 1. The second-order valence-electron chi connectivity index (χ2n) is 4.34. The van der Waals surface area contributed by atoms with Crippen LogP contribution in [-0.2, 0) is 13.0 Å². The van der Waals surface area contributed by atoms with E-state index in [1.54, 1.807) is 6.07 Å². The molecule has 0 atom stereocenters. The van der Waals surface area contributed by atoms with Crippen molar-refractivity contribution in [3.63, 3.8) is 0 Å². The summed E-state index contributed by atoms with van der Waals surface area (Å²) in [4.78, 5) is 8.75. The molecule has 0 aliphatic heterocycles. The lowest BCUT2D eigenvalue weighted by molar-refractivity contribution is 0.603. The second-order valence-corrected chi connectivity index (χ2v) is 4.34. The summed E-state index contributed by atoms with van der Waals surface area (Å²) in [6, 6.07) is 1.80. The van der Waals surface area contributed by atoms with Gasteiger partial charge < -0.3 is 5.73 Å². The third-order valence-electron chi connectivity index (χ3n) is 2.65. The van der Waals surface area contributed by atoms with E-state index in [9.17, 15) is 0 Å². The monoisotopic (exact) mass is 245 g/mol. The summed E-state index contributed by atoms with van der Waals surface area (Å²) in [7, 11) is 0. The first-order valence-corrected chi connectivity index (χ1v) is 6.39. The SMILES string of the molecule is CCCc1nc(N)cc(-c2cnn(CCC)c2)n1. The van der Waals surface area contributed by atoms with E-state index in [1.807, 2.05) is 17.1 Å². The summed E-state index contributed by atoms with van der Waals surface area (Å²) < 4.78 is 1.92. The number of nitrogens with zero attached hydrogens (tertiary/aromatic N) is 4. The van der Waals surface area contributed by atoms with Crippen molar-refractivity contribution < 1.29 is 0 Å². The Morgan fingerprint density at radius 3 is 2.78 bits per heavy atom. The Kier molecular flexibility index (Phi) is 3.92. The van der Waals surface area contributed by atoms with Gasteiger partial charge in [0.15, 0.2) is 0 Å². The first-order chi connectivity index (χ1) is 8.72. The van der Waals surface area contributed by atoms with Gasteiger partial charge in [0.1, 0.15) is 11.6 Å². The summed E-state index contributed by atoms with van der Waals surface area (Å²) in [5.74, 6) is 1.32. The Balaban J connectivity index is 2.30. The first kappa shape index (κ1) is 12.5. The van der Waals surface area contributed by atoms with Crippen molar-refractivity contribution in [2.45, 2.75) is 39.7 Å². The summed E-state index contributed by atoms with van der Waals surface area (Å²) in [5.41, 5.74) is 7.66. The molecule has 2 N–H and O–H groups in total. The molecule has 0 aromatic carbocycles. The number of nitrogens with two attached hydrogens (primary N) is 1. The van der Waals surface area contributed by atoms with Crippen molar-refractivity contribution in [1.29, 1.82) is 0 Å². The lowest BCUT2D eigenvalue weighted by atomic mass is 10.2. The molecule has 5 heteroatoms. The van der Waals surface area contributed by atoms with Gasteiger partial charge in [0, 0.05) is 30.8 Å². The van der Waals surface area contributed by atoms with E-state index in [4.69, 9.17) is 5.73 Å². The fourth-order valence-corrected chi connectivity index (χ4v) is 1.85. The smallest absolute Gasteiger partial charge is 0.131 e. The number of hydrogen-bond donors (Lipinski definition) is 1. The van der Waals surface area contributed by atoms with Crippen LogP contribution >= 0.6 is 0 Å². The minimum absolute atomic E-state index is 0.520. The molecule has 2 aromatic heterocycles. The van der Waals surface area contributed by atoms with Gasteiger partial charge in [-0.15, -0.1) is 0 Å². The number of aryl methyl sites for hydroxylation is 2. The molecule has 2 heterocycles. The molecule has 96 valence electrons. The quantitative estimate of drug-likeness (QED) is 0.877. The van der Waals surface area contributed by atoms with Crippen LogP contribution in [0.2, 0.25) is 0 Å². The predicted octanol–water partition coefficient (Wildman–Crippen LogP) is 2.28. The minimum atomic E-state index is 0.520. The molecule has 0 saturated heterocycles. The van der Waals surface area contributed by atoms with Crippen LogP contribution in [0, 0.1) is 0 Å². The van der Waals surface area contributed by atoms with Crippen LogP contribution in [0.3, 0.4) is 0 Å². The van der Waals surface area contributed by atoms with Gasteiger partial charge in [-0.05, 0) is 12.8 Å². The zero-order chi connectivity index (χ0) is 13.0. The first-order valence-electron chi connectivity index (χ1n) is 6.39. The van der Waals surface area contributed by atoms with Crippen molar-refractivity contribution in [3.05, 3.63) is 24.3 Å². The highest BCUT2D eigenvalue weighted by Gasteiger charge is 2.07. The molecule has 0 aliphatic carbocycles. The van der Waals surface area contributed by atoms with Crippen molar-refractivity contribution in [1.82, 2.24) is 19.7 Å². The molecule has 18 heavy (non-hydrogen) atoms. The lowest BCUT2D eigenvalue weighted by Gasteiger charge is -2.03. The van der Waals surface area contributed by atoms with Gasteiger partial charge in [-0.3, -0.25) is 4.68 Å². The molecule has 5 nitrogen and oxygen atoms in total. The van der Waals surface area contributed by atoms with Gasteiger partial charge in [0.25, 0.3) is 0 Å². The Morgan fingerprint density at radius 1 is 1.22 bits per heavy atom. The molecule has 2 rings (SSSR count). The van der Waals surface area contributed by atoms with E-state index < -0.39 is 0 Å². The molecule has 0 amide bonds. The molecule has 0 spiro atoms. The Morgan fingerprint density at radius 2 is 2.06 bits per heavy atom. The maximum absolute atomic E-state index is 5.81. The van der Waals surface area contributed by atoms with Crippen LogP contribution < -0.4 is 5.73 Å². The third-order valence-corrected chi connectivity index (χ3v) is 2.65. The van der Waals surface area contributed by atoms with Crippen LogP contribution in [0.5, 0.6) is 0 Å². The average Bonchev–Trinajstić information content (AvgIpc) is 2.78. The summed E-state index contributed by atoms with van der Waals surface area (Å²) in [6.45, 7) is 5.15. The maximum atomic E-state index is 5.81. The molecule has 0 saturated carbocycles. The predicted molar refractivity (Wildman–Crippen MR) is 72.0 cm³/mol. The molecule has 0 radical (unpaired) electrons. The van der Waals surface area contributed by atoms with Crippen LogP contribution in [-0.4, -0.2) is 19.7 Å². The normalized spacial score (nSPS) is 10.8. The Labute approximate surface area is 107 Å². The topological polar surface area (TPSA) is 69.6 Å². The average molecular weight is 245 g/mol. The number of nitrogen functional groups attached to an aromatic ring is 1. The van der Waals surface area contributed by atoms with Crippen LogP contribution in [0.4, 0.5) is 5.82 Å². The number of rotatable bonds is 5. The van der Waals surface area contributed by atoms with E-state index in [-0.39, 0.29) is 0 Å². The fourth-order valence-electron chi connectivity index (χ4n) is 1.85. The van der Waals surface area contributed by atoms with E-state index >= 15 is 0 Å². The standard InChI is InChI=1S/C13H19N5/c1-3-5-13-16-11(7-12(14)17-13)10-8-15-18(9-10)6-4-2/h7-9H,3-6H2,1-2H3,(H2,14,16,17). The van der Waals surface area contributed by atoms with Gasteiger partial charge in [-0.2, -0.15) is 5.10 Å². The number of hydrogen-bond acceptors (Lipinski definition) is 4. The largest absolute Gasteiger partial charge is 0.384 e. The Hall–Kier alpha value is -1.91. The van der Waals surface area contributed by atoms with Crippen LogP contribution in [0.15, 0.2) is 18.5 Å². The highest BCUT2D eigenvalue weighted by molar-refractivity contribution is 5.60. The van der Waals surface area contributed by atoms with E-state index in [0.29, 0.717) is 5.82 Å². The minimum Gasteiger partial charge on any atom is -0.384 e. The van der Waals surface area contributed by atoms with E-state index in [2.05, 4.69) is 28.9 Å². The van der Waals surface area contributed by atoms with Gasteiger partial charge in [0.2, 0.25) is 0 Å². The number of aromatic nitrogens is 4. The van der Waals surface area contributed by atoms with Crippen molar-refractivity contribution in [3.8, 4) is 11.3 Å². The summed E-state index contributed by atoms with van der Waals surface area (Å²) >= 11 is 0. The van der Waals surface area contributed by atoms with Crippen molar-refractivity contribution >= 4 is 5.82 Å². The molecule has 0 aliphatic rings. The zero-order valence-corrected chi connectivity index (χ0v) is 10.9. The second kappa shape index (κ2) is 5.62. The van der Waals surface area contributed by atoms with Crippen LogP contribution in [0.1, 0.15) is 32.5 Å². The zero-order valence-electron chi connectivity index (χ0n) is 10.9. The molecule has 0 bridgehead atoms. The molecule has 0 fully saturated rings. The highest BCUT2D eigenvalue weighted by Crippen LogP contribution is 2.18. The fraction of sp³-hybridized carbons (Fsp3) is 0.462.